The Balaban J connectivity index is 2.85. The zero-order valence-corrected chi connectivity index (χ0v) is 12.8. The third kappa shape index (κ3) is 2.58. The molecule has 0 aliphatic rings. The van der Waals surface area contributed by atoms with E-state index in [1.165, 1.54) is 11.8 Å². The average Bonchev–Trinajstić information content (AvgIpc) is 2.41. The van der Waals surface area contributed by atoms with Crippen molar-refractivity contribution in [3.63, 3.8) is 0 Å². The lowest BCUT2D eigenvalue weighted by Crippen LogP contribution is -2.14. The summed E-state index contributed by atoms with van der Waals surface area (Å²) in [7, 11) is 0. The van der Waals surface area contributed by atoms with Gasteiger partial charge in [0.05, 0.1) is 10.7 Å². The van der Waals surface area contributed by atoms with Crippen molar-refractivity contribution in [3.05, 3.63) is 44.2 Å². The van der Waals surface area contributed by atoms with Crippen LogP contribution in [0.2, 0.25) is 5.02 Å². The van der Waals surface area contributed by atoms with Crippen molar-refractivity contribution in [2.24, 2.45) is 0 Å². The van der Waals surface area contributed by atoms with E-state index >= 15 is 0 Å². The Hall–Kier alpha value is -1.77. The van der Waals surface area contributed by atoms with Gasteiger partial charge in [-0.05, 0) is 31.7 Å². The summed E-state index contributed by atoms with van der Waals surface area (Å²) in [6.45, 7) is 3.81. The Kier molecular flexibility index (Phi) is 4.17. The number of H-pyrrole nitrogens is 1. The number of aromatic amines is 1. The second-order valence-electron chi connectivity index (χ2n) is 4.35. The predicted octanol–water partition coefficient (Wildman–Crippen LogP) is 3.30. The summed E-state index contributed by atoms with van der Waals surface area (Å²) in [5.41, 5.74) is 2.36. The molecule has 0 spiro atoms. The monoisotopic (exact) mass is 305 g/mol. The molecule has 0 bridgehead atoms. The maximum atomic E-state index is 11.9. The first kappa shape index (κ1) is 14.6. The van der Waals surface area contributed by atoms with Crippen LogP contribution in [0.15, 0.2) is 22.1 Å². The predicted molar refractivity (Wildman–Crippen MR) is 81.3 cm³/mol. The first-order valence-electron chi connectivity index (χ1n) is 5.83. The molecular formula is C14H12ClN3OS. The highest BCUT2D eigenvalue weighted by Gasteiger charge is 2.17. The molecule has 0 saturated carbocycles. The third-order valence-corrected chi connectivity index (χ3v) is 3.94. The van der Waals surface area contributed by atoms with Crippen LogP contribution in [0, 0.1) is 25.2 Å². The van der Waals surface area contributed by atoms with E-state index in [1.807, 2.05) is 32.0 Å². The summed E-state index contributed by atoms with van der Waals surface area (Å²) in [6.07, 6.45) is 1.80. The first-order valence-corrected chi connectivity index (χ1v) is 7.43. The van der Waals surface area contributed by atoms with Gasteiger partial charge in [0.2, 0.25) is 0 Å². The van der Waals surface area contributed by atoms with Crippen LogP contribution in [0.4, 0.5) is 0 Å². The van der Waals surface area contributed by atoms with Gasteiger partial charge >= 0.3 is 0 Å². The van der Waals surface area contributed by atoms with Crippen LogP contribution in [0.1, 0.15) is 16.7 Å². The summed E-state index contributed by atoms with van der Waals surface area (Å²) in [5, 5.41) is 10.2. The molecule has 0 atom stereocenters. The van der Waals surface area contributed by atoms with Gasteiger partial charge in [-0.15, -0.1) is 0 Å². The molecule has 0 unspecified atom stereocenters. The van der Waals surface area contributed by atoms with E-state index in [-0.39, 0.29) is 5.56 Å². The molecule has 0 radical (unpaired) electrons. The number of nitrogens with one attached hydrogen (secondary N) is 1. The smallest absolute Gasteiger partial charge is 0.270 e. The number of aryl methyl sites for hydroxylation is 2. The van der Waals surface area contributed by atoms with Gasteiger partial charge in [-0.3, -0.25) is 4.79 Å². The Morgan fingerprint density at radius 1 is 1.40 bits per heavy atom. The van der Waals surface area contributed by atoms with Crippen LogP contribution in [-0.4, -0.2) is 16.2 Å². The molecule has 0 saturated heterocycles. The quantitative estimate of drug-likeness (QED) is 0.682. The van der Waals surface area contributed by atoms with Crippen molar-refractivity contribution < 1.29 is 0 Å². The SMILES string of the molecule is CSc1nc(-c2cc(C)cc(C)c2Cl)c(C#N)c(=O)[nH]1. The van der Waals surface area contributed by atoms with E-state index in [0.29, 0.717) is 21.4 Å². The molecule has 1 N–H and O–H groups in total. The van der Waals surface area contributed by atoms with Crippen LogP contribution in [-0.2, 0) is 0 Å². The number of nitrogens with zero attached hydrogens (tertiary/aromatic N) is 2. The van der Waals surface area contributed by atoms with E-state index in [1.54, 1.807) is 6.26 Å². The number of hydrogen-bond acceptors (Lipinski definition) is 4. The Morgan fingerprint density at radius 3 is 2.70 bits per heavy atom. The van der Waals surface area contributed by atoms with E-state index in [2.05, 4.69) is 9.97 Å². The molecule has 0 amide bonds. The maximum Gasteiger partial charge on any atom is 0.270 e. The average molecular weight is 306 g/mol. The number of nitriles is 1. The van der Waals surface area contributed by atoms with Gasteiger partial charge in [-0.2, -0.15) is 5.26 Å². The lowest BCUT2D eigenvalue weighted by Gasteiger charge is -2.10. The minimum absolute atomic E-state index is 0.0188. The maximum absolute atomic E-state index is 11.9. The Labute approximate surface area is 125 Å². The lowest BCUT2D eigenvalue weighted by molar-refractivity contribution is 0.937. The van der Waals surface area contributed by atoms with Crippen molar-refractivity contribution in [2.45, 2.75) is 19.0 Å². The normalized spacial score (nSPS) is 10.3. The minimum Gasteiger partial charge on any atom is -0.300 e. The number of hydrogen-bond donors (Lipinski definition) is 1. The minimum atomic E-state index is -0.447. The summed E-state index contributed by atoms with van der Waals surface area (Å²) >= 11 is 7.61. The van der Waals surface area contributed by atoms with Crippen molar-refractivity contribution >= 4 is 23.4 Å². The second-order valence-corrected chi connectivity index (χ2v) is 5.53. The second kappa shape index (κ2) is 5.70. The molecule has 1 aromatic heterocycles. The highest BCUT2D eigenvalue weighted by molar-refractivity contribution is 7.98. The molecule has 1 aromatic carbocycles. The number of halogens is 1. The van der Waals surface area contributed by atoms with Crippen LogP contribution < -0.4 is 5.56 Å². The van der Waals surface area contributed by atoms with Gasteiger partial charge in [0.15, 0.2) is 5.16 Å². The molecule has 20 heavy (non-hydrogen) atoms. The van der Waals surface area contributed by atoms with Crippen LogP contribution >= 0.6 is 23.4 Å². The summed E-state index contributed by atoms with van der Waals surface area (Å²) in [4.78, 5) is 18.8. The molecule has 4 nitrogen and oxygen atoms in total. The van der Waals surface area contributed by atoms with Crippen molar-refractivity contribution in [3.8, 4) is 17.3 Å². The van der Waals surface area contributed by atoms with Gasteiger partial charge in [0.1, 0.15) is 11.6 Å². The van der Waals surface area contributed by atoms with E-state index in [0.717, 1.165) is 11.1 Å². The summed E-state index contributed by atoms with van der Waals surface area (Å²) in [6, 6.07) is 5.69. The van der Waals surface area contributed by atoms with Gasteiger partial charge in [0.25, 0.3) is 5.56 Å². The fraction of sp³-hybridized carbons (Fsp3) is 0.214. The van der Waals surface area contributed by atoms with Gasteiger partial charge in [-0.25, -0.2) is 4.98 Å². The van der Waals surface area contributed by atoms with Crippen molar-refractivity contribution in [2.75, 3.05) is 6.26 Å². The molecule has 0 aliphatic heterocycles. The standard InChI is InChI=1S/C14H12ClN3OS/c1-7-4-8(2)11(15)9(5-7)12-10(6-16)13(19)18-14(17-12)20-3/h4-5H,1-3H3,(H,17,18,19). The fourth-order valence-electron chi connectivity index (χ4n) is 1.97. The molecule has 0 fully saturated rings. The van der Waals surface area contributed by atoms with Gasteiger partial charge in [0, 0.05) is 5.56 Å². The van der Waals surface area contributed by atoms with Gasteiger partial charge in [-0.1, -0.05) is 35.0 Å². The fourth-order valence-corrected chi connectivity index (χ4v) is 2.55. The zero-order chi connectivity index (χ0) is 14.9. The van der Waals surface area contributed by atoms with E-state index in [4.69, 9.17) is 11.6 Å². The highest BCUT2D eigenvalue weighted by atomic mass is 35.5. The number of aromatic nitrogens is 2. The Morgan fingerprint density at radius 2 is 2.10 bits per heavy atom. The Bertz CT molecular complexity index is 777. The lowest BCUT2D eigenvalue weighted by atomic mass is 10.0. The molecular weight excluding hydrogens is 294 g/mol. The molecule has 2 rings (SSSR count). The van der Waals surface area contributed by atoms with Crippen LogP contribution in [0.5, 0.6) is 0 Å². The topological polar surface area (TPSA) is 69.5 Å². The highest BCUT2D eigenvalue weighted by Crippen LogP contribution is 2.32. The third-order valence-electron chi connectivity index (χ3n) is 2.86. The molecule has 0 aliphatic carbocycles. The van der Waals surface area contributed by atoms with E-state index < -0.39 is 5.56 Å². The van der Waals surface area contributed by atoms with Crippen molar-refractivity contribution in [1.29, 1.82) is 5.26 Å². The molecule has 102 valence electrons. The summed E-state index contributed by atoms with van der Waals surface area (Å²) in [5.74, 6) is 0. The molecule has 2 aromatic rings. The summed E-state index contributed by atoms with van der Waals surface area (Å²) < 4.78 is 0. The van der Waals surface area contributed by atoms with Crippen LogP contribution in [0.25, 0.3) is 11.3 Å². The van der Waals surface area contributed by atoms with E-state index in [9.17, 15) is 10.1 Å². The molecule has 1 heterocycles. The zero-order valence-electron chi connectivity index (χ0n) is 11.2. The number of benzene rings is 1. The number of rotatable bonds is 2. The van der Waals surface area contributed by atoms with Gasteiger partial charge < -0.3 is 4.98 Å². The number of thioether (sulfide) groups is 1. The van der Waals surface area contributed by atoms with Crippen LogP contribution in [0.3, 0.4) is 0 Å². The van der Waals surface area contributed by atoms with Crippen molar-refractivity contribution in [1.82, 2.24) is 9.97 Å². The first-order chi connectivity index (χ1) is 9.47. The largest absolute Gasteiger partial charge is 0.300 e. The molecule has 6 heteroatoms.